The Balaban J connectivity index is 1.11. The third-order valence-corrected chi connectivity index (χ3v) is 9.84. The molecule has 1 aliphatic heterocycles. The quantitative estimate of drug-likeness (QED) is 0.132. The highest BCUT2D eigenvalue weighted by atomic mass is 32.2. The van der Waals surface area contributed by atoms with E-state index < -0.39 is 6.29 Å². The first-order valence-electron chi connectivity index (χ1n) is 16.7. The van der Waals surface area contributed by atoms with Crippen LogP contribution in [0.15, 0.2) is 149 Å². The third-order valence-electron chi connectivity index (χ3n) is 8.93. The summed E-state index contributed by atoms with van der Waals surface area (Å²) in [6.07, 6.45) is -1.06. The summed E-state index contributed by atoms with van der Waals surface area (Å²) in [7, 11) is 0. The number of benzene rings is 5. The van der Waals surface area contributed by atoms with Crippen molar-refractivity contribution < 1.29 is 23.8 Å². The molecule has 2 N–H and O–H groups in total. The highest BCUT2D eigenvalue weighted by Crippen LogP contribution is 2.44. The number of aliphatic hydroxyl groups is 1. The van der Waals surface area contributed by atoms with Crippen molar-refractivity contribution in [2.75, 3.05) is 5.75 Å². The fraction of sp³-hybridized carbons (Fsp3) is 0.190. The second-order valence-electron chi connectivity index (χ2n) is 12.3. The molecular weight excluding hydrogens is 645 g/mol. The maximum atomic E-state index is 12.6. The van der Waals surface area contributed by atoms with Gasteiger partial charge in [0.1, 0.15) is 5.69 Å². The van der Waals surface area contributed by atoms with Crippen LogP contribution >= 0.6 is 11.8 Å². The van der Waals surface area contributed by atoms with Gasteiger partial charge in [0.05, 0.1) is 18.8 Å². The lowest BCUT2D eigenvalue weighted by Gasteiger charge is -2.41. The molecule has 1 aromatic heterocycles. The Kier molecular flexibility index (Phi) is 10.5. The van der Waals surface area contributed by atoms with Gasteiger partial charge in [-0.2, -0.15) is 0 Å². The van der Waals surface area contributed by atoms with Crippen LogP contribution in [0.25, 0.3) is 22.6 Å². The Morgan fingerprint density at radius 2 is 1.34 bits per heavy atom. The molecule has 1 saturated heterocycles. The Labute approximate surface area is 296 Å². The van der Waals surface area contributed by atoms with Crippen LogP contribution in [0, 0.1) is 5.92 Å². The van der Waals surface area contributed by atoms with Crippen molar-refractivity contribution in [3.63, 3.8) is 0 Å². The van der Waals surface area contributed by atoms with Gasteiger partial charge in [0.15, 0.2) is 12.1 Å². The van der Waals surface area contributed by atoms with Crippen LogP contribution in [0.1, 0.15) is 51.9 Å². The summed E-state index contributed by atoms with van der Waals surface area (Å²) in [4.78, 5) is 17.5. The molecule has 50 heavy (non-hydrogen) atoms. The van der Waals surface area contributed by atoms with Crippen molar-refractivity contribution >= 4 is 17.7 Å². The van der Waals surface area contributed by atoms with E-state index in [9.17, 15) is 9.90 Å². The number of nitrogens with zero attached hydrogens (tertiary/aromatic N) is 1. The van der Waals surface area contributed by atoms with Crippen molar-refractivity contribution in [2.45, 2.75) is 43.8 Å². The number of hydrogen-bond acceptors (Lipinski definition) is 7. The molecule has 0 saturated carbocycles. The number of carbonyl (C=O) groups excluding carboxylic acids is 1. The van der Waals surface area contributed by atoms with Gasteiger partial charge in [0.2, 0.25) is 0 Å². The maximum Gasteiger partial charge on any atom is 0.256 e. The number of aliphatic hydroxyl groups excluding tert-OH is 1. The Bertz CT molecular complexity index is 1930. The normalized spacial score (nSPS) is 18.8. The van der Waals surface area contributed by atoms with Crippen LogP contribution in [-0.4, -0.2) is 27.9 Å². The zero-order chi connectivity index (χ0) is 34.3. The SMILES string of the molecule is CC1C(CSc2nc(-c3ccccc3)c(-c3ccccc3)o2)OC(c2ccc(CNC(=O)c3ccccc3)cc2)OC1c1ccc(CO)cc1. The van der Waals surface area contributed by atoms with Crippen LogP contribution in [0.5, 0.6) is 0 Å². The minimum Gasteiger partial charge on any atom is -0.431 e. The van der Waals surface area contributed by atoms with Crippen LogP contribution in [0.3, 0.4) is 0 Å². The third kappa shape index (κ3) is 7.74. The van der Waals surface area contributed by atoms with Gasteiger partial charge in [-0.25, -0.2) is 4.98 Å². The van der Waals surface area contributed by atoms with E-state index in [4.69, 9.17) is 18.9 Å². The highest BCUT2D eigenvalue weighted by molar-refractivity contribution is 7.99. The van der Waals surface area contributed by atoms with Crippen LogP contribution in [-0.2, 0) is 22.6 Å². The van der Waals surface area contributed by atoms with Crippen molar-refractivity contribution in [1.29, 1.82) is 0 Å². The zero-order valence-electron chi connectivity index (χ0n) is 27.6. The predicted octanol–water partition coefficient (Wildman–Crippen LogP) is 9.01. The van der Waals surface area contributed by atoms with Crippen molar-refractivity contribution in [1.82, 2.24) is 10.3 Å². The van der Waals surface area contributed by atoms with E-state index in [1.165, 1.54) is 11.8 Å². The lowest BCUT2D eigenvalue weighted by atomic mass is 9.91. The number of amides is 1. The number of carbonyl (C=O) groups is 1. The van der Waals surface area contributed by atoms with E-state index in [1.54, 1.807) is 12.1 Å². The van der Waals surface area contributed by atoms with Crippen LogP contribution in [0.2, 0.25) is 0 Å². The molecule has 1 amide bonds. The number of ether oxygens (including phenoxy) is 2. The molecule has 7 rings (SSSR count). The molecule has 4 atom stereocenters. The lowest BCUT2D eigenvalue weighted by Crippen LogP contribution is -2.38. The zero-order valence-corrected chi connectivity index (χ0v) is 28.5. The van der Waals surface area contributed by atoms with Crippen molar-refractivity contribution in [2.24, 2.45) is 5.92 Å². The van der Waals surface area contributed by atoms with Crippen molar-refractivity contribution in [3.05, 3.63) is 167 Å². The van der Waals surface area contributed by atoms with E-state index >= 15 is 0 Å². The first-order chi connectivity index (χ1) is 24.6. The van der Waals surface area contributed by atoms with Gasteiger partial charge in [0.25, 0.3) is 11.1 Å². The van der Waals surface area contributed by atoms with E-state index in [0.717, 1.165) is 44.8 Å². The maximum absolute atomic E-state index is 12.6. The summed E-state index contributed by atoms with van der Waals surface area (Å²) in [5, 5.41) is 13.2. The number of oxazole rings is 1. The van der Waals surface area contributed by atoms with Crippen LogP contribution < -0.4 is 5.32 Å². The first kappa shape index (κ1) is 33.5. The molecule has 4 unspecified atom stereocenters. The molecule has 2 heterocycles. The standard InChI is InChI=1S/C42H38N2O5S/c1-28-36(27-50-42-44-37(31-11-5-2-6-12-31)39(49-42)32-13-7-3-8-14-32)47-41(48-38(28)33-21-19-30(26-45)20-22-33)35-23-17-29(18-24-35)25-43-40(46)34-15-9-4-10-16-34/h2-24,28,36,38,41,45H,25-27H2,1H3,(H,43,46). The second-order valence-corrected chi connectivity index (χ2v) is 13.3. The molecule has 1 fully saturated rings. The Hall–Kier alpha value is -4.99. The van der Waals surface area contributed by atoms with Gasteiger partial charge in [-0.05, 0) is 28.8 Å². The minimum atomic E-state index is -0.614. The molecule has 7 nitrogen and oxygen atoms in total. The monoisotopic (exact) mass is 682 g/mol. The van der Waals surface area contributed by atoms with Gasteiger partial charge >= 0.3 is 0 Å². The van der Waals surface area contributed by atoms with Gasteiger partial charge in [-0.15, -0.1) is 0 Å². The fourth-order valence-corrected chi connectivity index (χ4v) is 7.06. The number of thioether (sulfide) groups is 1. The molecule has 0 bridgehead atoms. The summed E-state index contributed by atoms with van der Waals surface area (Å²) in [6, 6.07) is 45.2. The number of aromatic nitrogens is 1. The molecule has 0 spiro atoms. The molecule has 252 valence electrons. The van der Waals surface area contributed by atoms with Crippen molar-refractivity contribution in [3.8, 4) is 22.6 Å². The average Bonchev–Trinajstić information content (AvgIpc) is 3.62. The lowest BCUT2D eigenvalue weighted by molar-refractivity contribution is -0.268. The summed E-state index contributed by atoms with van der Waals surface area (Å²) >= 11 is 1.53. The van der Waals surface area contributed by atoms with E-state index in [0.29, 0.717) is 23.1 Å². The predicted molar refractivity (Wildman–Crippen MR) is 195 cm³/mol. The number of hydrogen-bond donors (Lipinski definition) is 2. The van der Waals surface area contributed by atoms with Gasteiger partial charge in [0, 0.05) is 40.5 Å². The van der Waals surface area contributed by atoms with Gasteiger partial charge in [-0.3, -0.25) is 4.79 Å². The minimum absolute atomic E-state index is 0.00310. The van der Waals surface area contributed by atoms with E-state index in [-0.39, 0.29) is 30.6 Å². The molecule has 6 aromatic rings. The Morgan fingerprint density at radius 1 is 0.740 bits per heavy atom. The van der Waals surface area contributed by atoms with E-state index in [2.05, 4.69) is 12.2 Å². The average molecular weight is 683 g/mol. The molecular formula is C42H38N2O5S. The summed E-state index contributed by atoms with van der Waals surface area (Å²) in [5.74, 6) is 1.22. The number of rotatable bonds is 11. The molecule has 0 radical (unpaired) electrons. The van der Waals surface area contributed by atoms with Gasteiger partial charge in [-0.1, -0.05) is 146 Å². The molecule has 0 aliphatic carbocycles. The molecule has 8 heteroatoms. The second kappa shape index (κ2) is 15.7. The highest BCUT2D eigenvalue weighted by Gasteiger charge is 2.38. The number of nitrogens with one attached hydrogen (secondary N) is 1. The fourth-order valence-electron chi connectivity index (χ4n) is 6.07. The first-order valence-corrected chi connectivity index (χ1v) is 17.7. The molecule has 5 aromatic carbocycles. The largest absolute Gasteiger partial charge is 0.431 e. The smallest absolute Gasteiger partial charge is 0.256 e. The summed E-state index contributed by atoms with van der Waals surface area (Å²) in [6.45, 7) is 2.53. The summed E-state index contributed by atoms with van der Waals surface area (Å²) in [5.41, 5.74) is 7.12. The Morgan fingerprint density at radius 3 is 2.00 bits per heavy atom. The van der Waals surface area contributed by atoms with Crippen LogP contribution in [0.4, 0.5) is 0 Å². The molecule has 1 aliphatic rings. The topological polar surface area (TPSA) is 93.8 Å². The van der Waals surface area contributed by atoms with Gasteiger partial charge < -0.3 is 24.3 Å². The summed E-state index contributed by atoms with van der Waals surface area (Å²) < 4.78 is 19.8. The van der Waals surface area contributed by atoms with E-state index in [1.807, 2.05) is 127 Å².